The fraction of sp³-hybridized carbons (Fsp3) is 0.760. The van der Waals surface area contributed by atoms with E-state index in [1.54, 1.807) is 6.26 Å². The number of rotatable bonds is 2. The molecule has 1 aromatic heterocycles. The largest absolute Gasteiger partial charge is 0.465 e. The first kappa shape index (κ1) is 21.0. The van der Waals surface area contributed by atoms with Crippen molar-refractivity contribution in [2.75, 3.05) is 0 Å². The molecule has 5 rings (SSSR count). The van der Waals surface area contributed by atoms with Crippen molar-refractivity contribution in [2.45, 2.75) is 89.2 Å². The summed E-state index contributed by atoms with van der Waals surface area (Å²) < 4.78 is 5.17. The summed E-state index contributed by atoms with van der Waals surface area (Å²) in [5.74, 6) is 1.51. The predicted molar refractivity (Wildman–Crippen MR) is 116 cm³/mol. The van der Waals surface area contributed by atoms with Crippen LogP contribution in [0.1, 0.15) is 83.1 Å². The lowest BCUT2D eigenvalue weighted by Gasteiger charge is -2.63. The van der Waals surface area contributed by atoms with Crippen molar-refractivity contribution < 1.29 is 19.4 Å². The van der Waals surface area contributed by atoms with E-state index >= 15 is 0 Å². The highest BCUT2D eigenvalue weighted by Gasteiger charge is 2.67. The third-order valence-electron chi connectivity index (χ3n) is 10.3. The van der Waals surface area contributed by atoms with Crippen LogP contribution >= 0.6 is 0 Å². The van der Waals surface area contributed by atoms with Gasteiger partial charge in [0.1, 0.15) is 0 Å². The van der Waals surface area contributed by atoms with Gasteiger partial charge in [0.05, 0.1) is 11.9 Å². The number of fused-ring (bicyclic) bond motifs is 5. The summed E-state index contributed by atoms with van der Waals surface area (Å²) in [5, 5.41) is 24.1. The molecule has 1 amide bonds. The summed E-state index contributed by atoms with van der Waals surface area (Å²) in [7, 11) is 0. The van der Waals surface area contributed by atoms with Crippen molar-refractivity contribution >= 4 is 6.09 Å². The van der Waals surface area contributed by atoms with E-state index in [0.29, 0.717) is 11.8 Å². The van der Waals surface area contributed by atoms with Crippen LogP contribution in [0.2, 0.25) is 0 Å². The smallest absolute Gasteiger partial charge is 0.404 e. The monoisotopic (exact) mass is 429 g/mol. The van der Waals surface area contributed by atoms with Gasteiger partial charge in [-0.3, -0.25) is 0 Å². The Morgan fingerprint density at radius 3 is 2.58 bits per heavy atom. The van der Waals surface area contributed by atoms with Crippen LogP contribution in [-0.2, 0) is 0 Å². The highest BCUT2D eigenvalue weighted by atomic mass is 16.4. The maximum absolute atomic E-state index is 12.2. The quantitative estimate of drug-likeness (QED) is 0.642. The molecule has 0 bridgehead atoms. The van der Waals surface area contributed by atoms with E-state index in [1.807, 2.05) is 6.07 Å². The van der Waals surface area contributed by atoms with Crippen LogP contribution in [0.3, 0.4) is 0 Å². The molecule has 2 unspecified atom stereocenters. The van der Waals surface area contributed by atoms with Gasteiger partial charge in [-0.25, -0.2) is 9.59 Å². The van der Waals surface area contributed by atoms with E-state index in [0.717, 1.165) is 63.4 Å². The van der Waals surface area contributed by atoms with E-state index in [1.165, 1.54) is 6.07 Å². The molecule has 3 N–H and O–H groups in total. The van der Waals surface area contributed by atoms with Crippen LogP contribution < -0.4 is 10.9 Å². The zero-order valence-electron chi connectivity index (χ0n) is 18.6. The first-order valence-corrected chi connectivity index (χ1v) is 12.0. The predicted octanol–water partition coefficient (Wildman–Crippen LogP) is 4.52. The summed E-state index contributed by atoms with van der Waals surface area (Å²) in [5.41, 5.74) is -0.0177. The minimum atomic E-state index is -0.918. The molecule has 170 valence electrons. The lowest BCUT2D eigenvalue weighted by Crippen LogP contribution is -2.62. The molecule has 6 heteroatoms. The first-order valence-electron chi connectivity index (χ1n) is 12.0. The van der Waals surface area contributed by atoms with Gasteiger partial charge >= 0.3 is 11.7 Å². The molecule has 1 heterocycles. The third kappa shape index (κ3) is 3.00. The Labute approximate surface area is 183 Å². The number of hydrogen-bond donors (Lipinski definition) is 3. The maximum atomic E-state index is 12.2. The molecule has 4 aliphatic carbocycles. The fourth-order valence-corrected chi connectivity index (χ4v) is 8.63. The standard InChI is InChI=1S/C25H35NO5/c1-23-10-7-17(26-22(28)29)13-16(23)4-5-20-19(23)8-11-24(2)18(9-12-25(20,24)30)15-3-6-21(27)31-14-15/h3,6,14,16-20,26,30H,4-5,7-13H2,1-2H3,(H,28,29)/t16-,17+,18-,19?,20?,23+,24-,25+/m1/s1. The van der Waals surface area contributed by atoms with Crippen molar-refractivity contribution in [3.8, 4) is 0 Å². The number of carbonyl (C=O) groups is 1. The Morgan fingerprint density at radius 1 is 1.06 bits per heavy atom. The summed E-state index contributed by atoms with van der Waals surface area (Å²) in [6.45, 7) is 4.67. The second-order valence-corrected chi connectivity index (χ2v) is 11.3. The van der Waals surface area contributed by atoms with Gasteiger partial charge in [-0.05, 0) is 98.5 Å². The average Bonchev–Trinajstić information content (AvgIpc) is 3.00. The lowest BCUT2D eigenvalue weighted by atomic mass is 9.43. The van der Waals surface area contributed by atoms with Crippen molar-refractivity contribution in [1.29, 1.82) is 0 Å². The van der Waals surface area contributed by atoms with E-state index in [9.17, 15) is 14.7 Å². The van der Waals surface area contributed by atoms with Crippen LogP contribution in [0.5, 0.6) is 0 Å². The normalized spacial score (nSPS) is 46.5. The molecule has 0 saturated heterocycles. The fourth-order valence-electron chi connectivity index (χ4n) is 8.63. The van der Waals surface area contributed by atoms with Gasteiger partial charge in [0.15, 0.2) is 0 Å². The molecule has 0 aromatic carbocycles. The number of hydrogen-bond acceptors (Lipinski definition) is 4. The summed E-state index contributed by atoms with van der Waals surface area (Å²) in [6.07, 6.45) is 9.44. The van der Waals surface area contributed by atoms with Gasteiger partial charge in [0, 0.05) is 17.5 Å². The van der Waals surface area contributed by atoms with Crippen LogP contribution in [0, 0.1) is 28.6 Å². The van der Waals surface area contributed by atoms with Gasteiger partial charge in [-0.1, -0.05) is 13.8 Å². The highest BCUT2D eigenvalue weighted by Crippen LogP contribution is 2.70. The first-order chi connectivity index (χ1) is 14.7. The van der Waals surface area contributed by atoms with Crippen LogP contribution in [0.15, 0.2) is 27.6 Å². The molecule has 4 fully saturated rings. The summed E-state index contributed by atoms with van der Waals surface area (Å²) in [4.78, 5) is 22.6. The number of amides is 1. The van der Waals surface area contributed by atoms with Crippen LogP contribution in [-0.4, -0.2) is 27.9 Å². The van der Waals surface area contributed by atoms with E-state index < -0.39 is 11.7 Å². The molecule has 0 aliphatic heterocycles. The minimum Gasteiger partial charge on any atom is -0.465 e. The Morgan fingerprint density at radius 2 is 1.87 bits per heavy atom. The number of carboxylic acid groups (broad SMARTS) is 1. The zero-order valence-corrected chi connectivity index (χ0v) is 18.6. The molecule has 31 heavy (non-hydrogen) atoms. The van der Waals surface area contributed by atoms with Crippen molar-refractivity contribution in [3.63, 3.8) is 0 Å². The number of aliphatic hydroxyl groups is 1. The molecule has 4 saturated carbocycles. The SMILES string of the molecule is C[C@]12CC[C@H](NC(=O)O)C[C@H]1CCC1C2CC[C@]2(C)[C@@H](c3ccc(=O)oc3)CC[C@]12O. The molecular formula is C25H35NO5. The molecule has 4 aliphatic rings. The van der Waals surface area contributed by atoms with Crippen LogP contribution in [0.25, 0.3) is 0 Å². The van der Waals surface area contributed by atoms with Gasteiger partial charge in [-0.2, -0.15) is 0 Å². The summed E-state index contributed by atoms with van der Waals surface area (Å²) >= 11 is 0. The minimum absolute atomic E-state index is 0.0627. The van der Waals surface area contributed by atoms with Crippen molar-refractivity contribution in [3.05, 3.63) is 34.4 Å². The Bertz CT molecular complexity index is 908. The second-order valence-electron chi connectivity index (χ2n) is 11.3. The third-order valence-corrected chi connectivity index (χ3v) is 10.3. The molecule has 8 atom stereocenters. The molecule has 0 spiro atoms. The van der Waals surface area contributed by atoms with Gasteiger partial charge < -0.3 is 19.9 Å². The van der Waals surface area contributed by atoms with E-state index in [4.69, 9.17) is 9.52 Å². The highest BCUT2D eigenvalue weighted by molar-refractivity contribution is 5.64. The average molecular weight is 430 g/mol. The van der Waals surface area contributed by atoms with Gasteiger partial charge in [0.25, 0.3) is 0 Å². The van der Waals surface area contributed by atoms with Gasteiger partial charge in [-0.15, -0.1) is 0 Å². The van der Waals surface area contributed by atoms with Crippen molar-refractivity contribution in [1.82, 2.24) is 5.32 Å². The second kappa shape index (κ2) is 7.09. The molecule has 6 nitrogen and oxygen atoms in total. The zero-order chi connectivity index (χ0) is 22.0. The van der Waals surface area contributed by atoms with Crippen LogP contribution in [0.4, 0.5) is 4.79 Å². The van der Waals surface area contributed by atoms with E-state index in [-0.39, 0.29) is 34.3 Å². The Balaban J connectivity index is 1.41. The molecular weight excluding hydrogens is 394 g/mol. The van der Waals surface area contributed by atoms with Crippen molar-refractivity contribution in [2.24, 2.45) is 28.6 Å². The Hall–Kier alpha value is -1.82. The topological polar surface area (TPSA) is 99.8 Å². The maximum Gasteiger partial charge on any atom is 0.404 e. The molecule has 1 aromatic rings. The lowest BCUT2D eigenvalue weighted by molar-refractivity contribution is -0.201. The van der Waals surface area contributed by atoms with Gasteiger partial charge in [0.2, 0.25) is 0 Å². The van der Waals surface area contributed by atoms with E-state index in [2.05, 4.69) is 19.2 Å². The number of nitrogens with one attached hydrogen (secondary N) is 1. The molecule has 0 radical (unpaired) electrons. The summed E-state index contributed by atoms with van der Waals surface area (Å²) in [6, 6.07) is 3.44. The Kier molecular flexibility index (Phi) is 4.82.